The molecule has 2 aromatic rings. The average Bonchev–Trinajstić information content (AvgIpc) is 3.28. The molecule has 1 atom stereocenters. The van der Waals surface area contributed by atoms with Crippen LogP contribution in [-0.4, -0.2) is 38.2 Å². The highest BCUT2D eigenvalue weighted by molar-refractivity contribution is 5.44. The molecule has 2 aromatic carbocycles. The van der Waals surface area contributed by atoms with E-state index in [1.807, 2.05) is 18.2 Å². The summed E-state index contributed by atoms with van der Waals surface area (Å²) in [7, 11) is 1.72. The summed E-state index contributed by atoms with van der Waals surface area (Å²) in [6.07, 6.45) is 5.39. The van der Waals surface area contributed by atoms with Gasteiger partial charge in [0.25, 0.3) is 0 Å². The molecule has 2 aliphatic rings. The van der Waals surface area contributed by atoms with Crippen LogP contribution in [0.1, 0.15) is 42.9 Å². The number of hydrogen-bond donors (Lipinski definition) is 1. The average molecular weight is 381 g/mol. The van der Waals surface area contributed by atoms with Crippen molar-refractivity contribution >= 4 is 0 Å². The van der Waals surface area contributed by atoms with Gasteiger partial charge in [-0.15, -0.1) is 0 Å². The fourth-order valence-electron chi connectivity index (χ4n) is 4.74. The molecule has 28 heavy (non-hydrogen) atoms. The fraction of sp³-hybridized carbons (Fsp3) is 0.500. The molecule has 150 valence electrons. The van der Waals surface area contributed by atoms with Gasteiger partial charge in [0.2, 0.25) is 0 Å². The predicted octanol–water partition coefficient (Wildman–Crippen LogP) is 4.41. The van der Waals surface area contributed by atoms with Gasteiger partial charge in [-0.1, -0.05) is 49.2 Å². The maximum Gasteiger partial charge on any atom is 0.161 e. The molecular formula is C24H32N2O2. The van der Waals surface area contributed by atoms with Crippen LogP contribution in [0.2, 0.25) is 0 Å². The monoisotopic (exact) mass is 380 g/mol. The van der Waals surface area contributed by atoms with Crippen LogP contribution in [0.3, 0.4) is 0 Å². The first-order valence-corrected chi connectivity index (χ1v) is 10.6. The summed E-state index contributed by atoms with van der Waals surface area (Å²) in [4.78, 5) is 2.68. The lowest BCUT2D eigenvalue weighted by molar-refractivity contribution is 0.125. The summed E-state index contributed by atoms with van der Waals surface area (Å²) in [5.41, 5.74) is 2.54. The van der Waals surface area contributed by atoms with Crippen molar-refractivity contribution in [1.29, 1.82) is 0 Å². The summed E-state index contributed by atoms with van der Waals surface area (Å²) < 4.78 is 11.8. The van der Waals surface area contributed by atoms with E-state index in [9.17, 15) is 0 Å². The van der Waals surface area contributed by atoms with Crippen molar-refractivity contribution in [2.24, 2.45) is 5.92 Å². The van der Waals surface area contributed by atoms with Crippen LogP contribution in [0.4, 0.5) is 0 Å². The number of benzene rings is 2. The molecule has 0 radical (unpaired) electrons. The van der Waals surface area contributed by atoms with Crippen LogP contribution in [0.25, 0.3) is 0 Å². The number of nitrogens with zero attached hydrogens (tertiary/aromatic N) is 1. The summed E-state index contributed by atoms with van der Waals surface area (Å²) in [6.45, 7) is 4.96. The Balaban J connectivity index is 1.58. The van der Waals surface area contributed by atoms with Gasteiger partial charge < -0.3 is 14.8 Å². The van der Waals surface area contributed by atoms with Gasteiger partial charge in [-0.25, -0.2) is 0 Å². The Morgan fingerprint density at radius 3 is 2.46 bits per heavy atom. The maximum absolute atomic E-state index is 6.20. The van der Waals surface area contributed by atoms with E-state index in [4.69, 9.17) is 9.47 Å². The van der Waals surface area contributed by atoms with Crippen LogP contribution < -0.4 is 14.8 Å². The van der Waals surface area contributed by atoms with Crippen molar-refractivity contribution in [3.05, 3.63) is 59.7 Å². The molecule has 4 nitrogen and oxygen atoms in total. The molecule has 4 heteroatoms. The number of piperazine rings is 1. The molecule has 1 aliphatic heterocycles. The van der Waals surface area contributed by atoms with E-state index >= 15 is 0 Å². The Kier molecular flexibility index (Phi) is 6.50. The molecule has 1 saturated carbocycles. The first kappa shape index (κ1) is 19.3. The largest absolute Gasteiger partial charge is 0.493 e. The second-order valence-electron chi connectivity index (χ2n) is 7.96. The molecule has 4 rings (SSSR count). The third-order valence-electron chi connectivity index (χ3n) is 6.16. The maximum atomic E-state index is 6.20. The smallest absolute Gasteiger partial charge is 0.161 e. The zero-order valence-corrected chi connectivity index (χ0v) is 16.9. The van der Waals surface area contributed by atoms with Gasteiger partial charge in [0.05, 0.1) is 7.11 Å². The van der Waals surface area contributed by atoms with Crippen LogP contribution in [0, 0.1) is 5.92 Å². The van der Waals surface area contributed by atoms with Gasteiger partial charge in [-0.05, 0) is 42.0 Å². The molecule has 1 saturated heterocycles. The summed E-state index contributed by atoms with van der Waals surface area (Å²) in [6, 6.07) is 17.4. The van der Waals surface area contributed by atoms with E-state index in [2.05, 4.69) is 40.5 Å². The lowest BCUT2D eigenvalue weighted by atomic mass is 9.89. The standard InChI is InChI=1S/C24H32N2O2/c1-27-22-12-11-21(17-23(22)28-18-19-7-3-2-4-8-19)24(20-9-5-6-10-20)26-15-13-25-14-16-26/h2-4,7-8,11-12,17,20,24-25H,5-6,9-10,13-16,18H2,1H3/t24-/m1/s1. The summed E-state index contributed by atoms with van der Waals surface area (Å²) >= 11 is 0. The molecule has 0 unspecified atom stereocenters. The molecule has 1 heterocycles. The quantitative estimate of drug-likeness (QED) is 0.771. The molecule has 1 aliphatic carbocycles. The van der Waals surface area contributed by atoms with Crippen molar-refractivity contribution in [2.75, 3.05) is 33.3 Å². The zero-order chi connectivity index (χ0) is 19.2. The molecule has 0 amide bonds. The van der Waals surface area contributed by atoms with Crippen molar-refractivity contribution in [3.8, 4) is 11.5 Å². The number of hydrogen-bond acceptors (Lipinski definition) is 4. The normalized spacial score (nSPS) is 19.5. The van der Waals surface area contributed by atoms with E-state index in [1.165, 1.54) is 36.8 Å². The van der Waals surface area contributed by atoms with Crippen LogP contribution >= 0.6 is 0 Å². The lowest BCUT2D eigenvalue weighted by Gasteiger charge is -2.39. The van der Waals surface area contributed by atoms with Crippen molar-refractivity contribution < 1.29 is 9.47 Å². The van der Waals surface area contributed by atoms with E-state index in [-0.39, 0.29) is 0 Å². The lowest BCUT2D eigenvalue weighted by Crippen LogP contribution is -2.46. The van der Waals surface area contributed by atoms with Gasteiger partial charge >= 0.3 is 0 Å². The molecular weight excluding hydrogens is 348 g/mol. The van der Waals surface area contributed by atoms with Gasteiger partial charge in [0, 0.05) is 32.2 Å². The molecule has 2 fully saturated rings. The number of nitrogens with one attached hydrogen (secondary N) is 1. The first-order chi connectivity index (χ1) is 13.8. The molecule has 0 bridgehead atoms. The summed E-state index contributed by atoms with van der Waals surface area (Å²) in [5.74, 6) is 2.40. The third kappa shape index (κ3) is 4.50. The highest BCUT2D eigenvalue weighted by Crippen LogP contribution is 2.42. The van der Waals surface area contributed by atoms with E-state index < -0.39 is 0 Å². The van der Waals surface area contributed by atoms with Gasteiger partial charge in [0.1, 0.15) is 6.61 Å². The highest BCUT2D eigenvalue weighted by Gasteiger charge is 2.32. The SMILES string of the molecule is COc1ccc([C@@H](C2CCCC2)N2CCNCC2)cc1OCc1ccccc1. The minimum atomic E-state index is 0.481. The Morgan fingerprint density at radius 2 is 1.75 bits per heavy atom. The zero-order valence-electron chi connectivity index (χ0n) is 16.9. The van der Waals surface area contributed by atoms with Crippen molar-refractivity contribution in [1.82, 2.24) is 10.2 Å². The third-order valence-corrected chi connectivity index (χ3v) is 6.16. The Hall–Kier alpha value is -2.04. The van der Waals surface area contributed by atoms with Crippen LogP contribution in [0.15, 0.2) is 48.5 Å². The minimum Gasteiger partial charge on any atom is -0.493 e. The highest BCUT2D eigenvalue weighted by atomic mass is 16.5. The van der Waals surface area contributed by atoms with E-state index in [0.29, 0.717) is 12.6 Å². The van der Waals surface area contributed by atoms with Crippen LogP contribution in [0.5, 0.6) is 11.5 Å². The second-order valence-corrected chi connectivity index (χ2v) is 7.96. The van der Waals surface area contributed by atoms with Gasteiger partial charge in [0.15, 0.2) is 11.5 Å². The number of ether oxygens (including phenoxy) is 2. The van der Waals surface area contributed by atoms with Crippen molar-refractivity contribution in [3.63, 3.8) is 0 Å². The van der Waals surface area contributed by atoms with E-state index in [0.717, 1.165) is 43.6 Å². The van der Waals surface area contributed by atoms with E-state index in [1.54, 1.807) is 7.11 Å². The predicted molar refractivity (Wildman–Crippen MR) is 113 cm³/mol. The van der Waals surface area contributed by atoms with Crippen molar-refractivity contribution in [2.45, 2.75) is 38.3 Å². The minimum absolute atomic E-state index is 0.481. The Bertz CT molecular complexity index is 738. The van der Waals surface area contributed by atoms with Gasteiger partial charge in [-0.3, -0.25) is 4.90 Å². The topological polar surface area (TPSA) is 33.7 Å². The molecule has 0 aromatic heterocycles. The number of methoxy groups -OCH3 is 1. The van der Waals surface area contributed by atoms with Gasteiger partial charge in [-0.2, -0.15) is 0 Å². The Labute approximate surface area is 168 Å². The Morgan fingerprint density at radius 1 is 1.00 bits per heavy atom. The molecule has 1 N–H and O–H groups in total. The van der Waals surface area contributed by atoms with Crippen LogP contribution in [-0.2, 0) is 6.61 Å². The molecule has 0 spiro atoms. The fourth-order valence-corrected chi connectivity index (χ4v) is 4.74. The second kappa shape index (κ2) is 9.44. The summed E-state index contributed by atoms with van der Waals surface area (Å²) in [5, 5.41) is 3.49. The first-order valence-electron chi connectivity index (χ1n) is 10.6. The number of rotatable bonds is 7.